The van der Waals surface area contributed by atoms with Gasteiger partial charge < -0.3 is 9.26 Å². The molecule has 0 bridgehead atoms. The topological polar surface area (TPSA) is 67.2 Å². The fourth-order valence-corrected chi connectivity index (χ4v) is 4.20. The number of aromatic nitrogens is 3. The van der Waals surface area contributed by atoms with Gasteiger partial charge in [0.25, 0.3) is 0 Å². The number of likely N-dealkylation sites (tertiary alicyclic amines) is 1. The Morgan fingerprint density at radius 1 is 1.18 bits per heavy atom. The van der Waals surface area contributed by atoms with Gasteiger partial charge in [-0.3, -0.25) is 10.00 Å². The number of H-pyrrole nitrogens is 1. The molecule has 0 aliphatic carbocycles. The lowest BCUT2D eigenvalue weighted by Gasteiger charge is -2.36. The minimum atomic E-state index is 0.290. The van der Waals surface area contributed by atoms with E-state index in [1.54, 1.807) is 7.11 Å². The monoisotopic (exact) mass is 380 g/mol. The van der Waals surface area contributed by atoms with Gasteiger partial charge in [0.2, 0.25) is 0 Å². The summed E-state index contributed by atoms with van der Waals surface area (Å²) in [6.45, 7) is 8.19. The van der Waals surface area contributed by atoms with Crippen molar-refractivity contribution in [2.45, 2.75) is 52.6 Å². The van der Waals surface area contributed by atoms with Crippen LogP contribution in [0.15, 0.2) is 28.9 Å². The lowest BCUT2D eigenvalue weighted by molar-refractivity contribution is 0.137. The van der Waals surface area contributed by atoms with E-state index in [9.17, 15) is 0 Å². The number of piperidine rings is 1. The Balaban J connectivity index is 1.63. The molecule has 6 heteroatoms. The quantitative estimate of drug-likeness (QED) is 0.693. The lowest BCUT2D eigenvalue weighted by Crippen LogP contribution is -2.33. The van der Waals surface area contributed by atoms with Gasteiger partial charge in [0, 0.05) is 12.6 Å². The van der Waals surface area contributed by atoms with E-state index in [-0.39, 0.29) is 0 Å². The molecule has 1 aliphatic heterocycles. The number of methoxy groups -OCH3 is 1. The van der Waals surface area contributed by atoms with Gasteiger partial charge in [-0.05, 0) is 62.9 Å². The molecule has 1 N–H and O–H groups in total. The Labute approximate surface area is 165 Å². The number of aryl methyl sites for hydroxylation is 3. The van der Waals surface area contributed by atoms with Crippen LogP contribution in [0.25, 0.3) is 11.3 Å². The molecule has 3 heterocycles. The van der Waals surface area contributed by atoms with Crippen molar-refractivity contribution in [1.82, 2.24) is 20.3 Å². The Morgan fingerprint density at radius 2 is 2.04 bits per heavy atom. The fourth-order valence-electron chi connectivity index (χ4n) is 4.20. The zero-order chi connectivity index (χ0) is 19.7. The van der Waals surface area contributed by atoms with Crippen molar-refractivity contribution in [2.24, 2.45) is 0 Å². The highest BCUT2D eigenvalue weighted by Gasteiger charge is 2.29. The molecule has 28 heavy (non-hydrogen) atoms. The molecule has 2 aromatic heterocycles. The van der Waals surface area contributed by atoms with Crippen LogP contribution in [0.1, 0.15) is 53.4 Å². The second kappa shape index (κ2) is 7.80. The number of nitrogens with one attached hydrogen (secondary N) is 1. The van der Waals surface area contributed by atoms with Gasteiger partial charge in [-0.2, -0.15) is 5.10 Å². The lowest BCUT2D eigenvalue weighted by atomic mass is 9.94. The molecule has 0 radical (unpaired) electrons. The van der Waals surface area contributed by atoms with E-state index in [1.807, 2.05) is 19.2 Å². The van der Waals surface area contributed by atoms with Gasteiger partial charge in [0.1, 0.15) is 5.75 Å². The summed E-state index contributed by atoms with van der Waals surface area (Å²) in [5, 5.41) is 11.6. The first-order valence-electron chi connectivity index (χ1n) is 9.92. The molecule has 4 rings (SSSR count). The average molecular weight is 380 g/mol. The van der Waals surface area contributed by atoms with Crippen molar-refractivity contribution >= 4 is 0 Å². The highest BCUT2D eigenvalue weighted by Crippen LogP contribution is 2.37. The molecular weight excluding hydrogens is 352 g/mol. The highest BCUT2D eigenvalue weighted by atomic mass is 16.5. The van der Waals surface area contributed by atoms with Crippen molar-refractivity contribution in [1.29, 1.82) is 0 Å². The van der Waals surface area contributed by atoms with Gasteiger partial charge in [0.05, 0.1) is 36.3 Å². The maximum absolute atomic E-state index is 5.51. The van der Waals surface area contributed by atoms with Crippen LogP contribution in [0.2, 0.25) is 0 Å². The number of rotatable bonds is 5. The third kappa shape index (κ3) is 3.56. The smallest absolute Gasteiger partial charge is 0.170 e. The number of hydrogen-bond acceptors (Lipinski definition) is 5. The predicted molar refractivity (Wildman–Crippen MR) is 108 cm³/mol. The van der Waals surface area contributed by atoms with Crippen LogP contribution in [0, 0.1) is 20.8 Å². The van der Waals surface area contributed by atoms with Gasteiger partial charge in [-0.15, -0.1) is 0 Å². The number of ether oxygens (including phenoxy) is 1. The molecule has 1 atom stereocenters. The molecule has 1 unspecified atom stereocenters. The minimum Gasteiger partial charge on any atom is -0.496 e. The first kappa shape index (κ1) is 18.7. The standard InChI is InChI=1S/C22H28N4O2/c1-14-10-20(27-4)15(2)9-17(14)13-26-8-6-5-7-19(26)22-18(12-23-24-22)21-11-16(3)25-28-21/h9-12,19H,5-8,13H2,1-4H3,(H,23,24). The van der Waals surface area contributed by atoms with E-state index in [1.165, 1.54) is 29.5 Å². The van der Waals surface area contributed by atoms with E-state index in [0.29, 0.717) is 6.04 Å². The number of aromatic amines is 1. The van der Waals surface area contributed by atoms with Gasteiger partial charge in [-0.1, -0.05) is 17.6 Å². The Bertz CT molecular complexity index is 959. The van der Waals surface area contributed by atoms with E-state index >= 15 is 0 Å². The first-order valence-corrected chi connectivity index (χ1v) is 9.92. The molecule has 1 aromatic carbocycles. The first-order chi connectivity index (χ1) is 13.6. The SMILES string of the molecule is COc1cc(C)c(CN2CCCCC2c2[nH]ncc2-c2cc(C)no2)cc1C. The van der Waals surface area contributed by atoms with Crippen LogP contribution in [-0.2, 0) is 6.54 Å². The molecule has 0 saturated carbocycles. The summed E-state index contributed by atoms with van der Waals surface area (Å²) in [5.74, 6) is 1.73. The van der Waals surface area contributed by atoms with Crippen molar-refractivity contribution in [3.05, 3.63) is 52.5 Å². The van der Waals surface area contributed by atoms with Crippen molar-refractivity contribution in [2.75, 3.05) is 13.7 Å². The predicted octanol–water partition coefficient (Wildman–Crippen LogP) is 4.73. The largest absolute Gasteiger partial charge is 0.496 e. The molecule has 0 amide bonds. The molecule has 148 valence electrons. The van der Waals surface area contributed by atoms with Gasteiger partial charge >= 0.3 is 0 Å². The van der Waals surface area contributed by atoms with Crippen LogP contribution >= 0.6 is 0 Å². The molecule has 1 saturated heterocycles. The molecule has 1 aliphatic rings. The van der Waals surface area contributed by atoms with Crippen molar-refractivity contribution in [3.8, 4) is 17.1 Å². The summed E-state index contributed by atoms with van der Waals surface area (Å²) in [5.41, 5.74) is 6.81. The molecule has 6 nitrogen and oxygen atoms in total. The Hall–Kier alpha value is -2.60. The van der Waals surface area contributed by atoms with Crippen LogP contribution in [0.3, 0.4) is 0 Å². The van der Waals surface area contributed by atoms with Gasteiger partial charge in [0.15, 0.2) is 5.76 Å². The fraction of sp³-hybridized carbons (Fsp3) is 0.455. The van der Waals surface area contributed by atoms with E-state index in [0.717, 1.165) is 48.0 Å². The third-order valence-corrected chi connectivity index (χ3v) is 5.74. The Kier molecular flexibility index (Phi) is 5.22. The van der Waals surface area contributed by atoms with Crippen LogP contribution in [-0.4, -0.2) is 33.9 Å². The van der Waals surface area contributed by atoms with Crippen molar-refractivity contribution in [3.63, 3.8) is 0 Å². The highest BCUT2D eigenvalue weighted by molar-refractivity contribution is 5.60. The zero-order valence-electron chi connectivity index (χ0n) is 17.1. The molecule has 1 fully saturated rings. The maximum Gasteiger partial charge on any atom is 0.170 e. The zero-order valence-corrected chi connectivity index (χ0v) is 17.1. The summed E-state index contributed by atoms with van der Waals surface area (Å²) >= 11 is 0. The van der Waals surface area contributed by atoms with E-state index < -0.39 is 0 Å². The van der Waals surface area contributed by atoms with Gasteiger partial charge in [-0.25, -0.2) is 0 Å². The third-order valence-electron chi connectivity index (χ3n) is 5.74. The second-order valence-corrected chi connectivity index (χ2v) is 7.76. The van der Waals surface area contributed by atoms with Crippen LogP contribution in [0.5, 0.6) is 5.75 Å². The summed E-state index contributed by atoms with van der Waals surface area (Å²) in [6, 6.07) is 6.66. The molecule has 0 spiro atoms. The average Bonchev–Trinajstić information content (AvgIpc) is 3.33. The van der Waals surface area contributed by atoms with E-state index in [2.05, 4.69) is 46.2 Å². The summed E-state index contributed by atoms with van der Waals surface area (Å²) in [6.07, 6.45) is 5.40. The minimum absolute atomic E-state index is 0.290. The van der Waals surface area contributed by atoms with Crippen LogP contribution < -0.4 is 4.74 Å². The Morgan fingerprint density at radius 3 is 2.79 bits per heavy atom. The van der Waals surface area contributed by atoms with Crippen LogP contribution in [0.4, 0.5) is 0 Å². The number of benzene rings is 1. The van der Waals surface area contributed by atoms with Crippen molar-refractivity contribution < 1.29 is 9.26 Å². The maximum atomic E-state index is 5.51. The normalized spacial score (nSPS) is 17.8. The second-order valence-electron chi connectivity index (χ2n) is 7.76. The molecular formula is C22H28N4O2. The number of nitrogens with zero attached hydrogens (tertiary/aromatic N) is 3. The number of hydrogen-bond donors (Lipinski definition) is 1. The van der Waals surface area contributed by atoms with E-state index in [4.69, 9.17) is 9.26 Å². The summed E-state index contributed by atoms with van der Waals surface area (Å²) in [4.78, 5) is 2.55. The summed E-state index contributed by atoms with van der Waals surface area (Å²) in [7, 11) is 1.73. The molecule has 3 aromatic rings. The summed E-state index contributed by atoms with van der Waals surface area (Å²) < 4.78 is 11.0.